The summed E-state index contributed by atoms with van der Waals surface area (Å²) in [4.78, 5) is 12.2. The summed E-state index contributed by atoms with van der Waals surface area (Å²) < 4.78 is 25.3. The van der Waals surface area contributed by atoms with Crippen LogP contribution in [0.1, 0.15) is 28.4 Å². The van der Waals surface area contributed by atoms with Crippen molar-refractivity contribution in [3.63, 3.8) is 0 Å². The van der Waals surface area contributed by atoms with Crippen LogP contribution in [0.25, 0.3) is 0 Å². The second kappa shape index (κ2) is 5.48. The van der Waals surface area contributed by atoms with E-state index < -0.39 is 11.9 Å². The first-order valence-electron chi connectivity index (χ1n) is 6.41. The van der Waals surface area contributed by atoms with Gasteiger partial charge in [0.2, 0.25) is 0 Å². The van der Waals surface area contributed by atoms with Gasteiger partial charge in [0.15, 0.2) is 17.3 Å². The molecule has 0 radical (unpaired) electrons. The standard InChI is InChI=1S/C16H12BrFO3/c1-20-15-4-2-9(6-12(15)18)16-8-13(19)11-7-10(17)3-5-14(11)21-16/h2-7,16H,8H2,1H3. The molecule has 1 aliphatic heterocycles. The van der Waals surface area contributed by atoms with Crippen LogP contribution >= 0.6 is 15.9 Å². The highest BCUT2D eigenvalue weighted by atomic mass is 79.9. The quantitative estimate of drug-likeness (QED) is 0.809. The van der Waals surface area contributed by atoms with Gasteiger partial charge in [-0.1, -0.05) is 22.0 Å². The highest BCUT2D eigenvalue weighted by molar-refractivity contribution is 9.10. The van der Waals surface area contributed by atoms with Crippen LogP contribution in [0.4, 0.5) is 4.39 Å². The van der Waals surface area contributed by atoms with Gasteiger partial charge in [-0.05, 0) is 35.9 Å². The number of hydrogen-bond acceptors (Lipinski definition) is 3. The molecule has 0 amide bonds. The van der Waals surface area contributed by atoms with Gasteiger partial charge in [0.25, 0.3) is 0 Å². The predicted octanol–water partition coefficient (Wildman–Crippen LogP) is 4.30. The van der Waals surface area contributed by atoms with Crippen LogP contribution in [0.15, 0.2) is 40.9 Å². The van der Waals surface area contributed by atoms with E-state index >= 15 is 0 Å². The fraction of sp³-hybridized carbons (Fsp3) is 0.188. The number of Topliss-reactive ketones (excluding diaryl/α,β-unsaturated/α-hetero) is 1. The van der Waals surface area contributed by atoms with Gasteiger partial charge in [-0.15, -0.1) is 0 Å². The molecule has 3 nitrogen and oxygen atoms in total. The van der Waals surface area contributed by atoms with Gasteiger partial charge >= 0.3 is 0 Å². The SMILES string of the molecule is COc1ccc(C2CC(=O)c3cc(Br)ccc3O2)cc1F. The Morgan fingerprint density at radius 1 is 1.29 bits per heavy atom. The van der Waals surface area contributed by atoms with Crippen LogP contribution in [0, 0.1) is 5.82 Å². The van der Waals surface area contributed by atoms with Crippen molar-refractivity contribution in [2.45, 2.75) is 12.5 Å². The maximum absolute atomic E-state index is 13.8. The zero-order chi connectivity index (χ0) is 15.0. The molecule has 0 N–H and O–H groups in total. The van der Waals surface area contributed by atoms with Crippen molar-refractivity contribution in [2.24, 2.45) is 0 Å². The number of halogens is 2. The molecule has 0 spiro atoms. The van der Waals surface area contributed by atoms with E-state index in [-0.39, 0.29) is 18.0 Å². The van der Waals surface area contributed by atoms with Gasteiger partial charge in [-0.3, -0.25) is 4.79 Å². The van der Waals surface area contributed by atoms with Gasteiger partial charge in [0, 0.05) is 4.47 Å². The van der Waals surface area contributed by atoms with Crippen molar-refractivity contribution in [1.29, 1.82) is 0 Å². The molecular formula is C16H12BrFO3. The number of fused-ring (bicyclic) bond motifs is 1. The van der Waals surface area contributed by atoms with Crippen molar-refractivity contribution in [3.05, 3.63) is 57.8 Å². The zero-order valence-electron chi connectivity index (χ0n) is 11.2. The number of hydrogen-bond donors (Lipinski definition) is 0. The van der Waals surface area contributed by atoms with Crippen LogP contribution in [0.5, 0.6) is 11.5 Å². The number of rotatable bonds is 2. The summed E-state index contributed by atoms with van der Waals surface area (Å²) in [7, 11) is 1.41. The molecule has 0 bridgehead atoms. The molecule has 108 valence electrons. The highest BCUT2D eigenvalue weighted by Crippen LogP contribution is 2.37. The number of methoxy groups -OCH3 is 1. The topological polar surface area (TPSA) is 35.5 Å². The van der Waals surface area contributed by atoms with E-state index in [1.165, 1.54) is 19.2 Å². The second-order valence-corrected chi connectivity index (χ2v) is 5.68. The average molecular weight is 351 g/mol. The number of benzene rings is 2. The third kappa shape index (κ3) is 2.65. The number of carbonyl (C=O) groups is 1. The summed E-state index contributed by atoms with van der Waals surface area (Å²) in [6.07, 6.45) is -0.290. The Hall–Kier alpha value is -1.88. The molecule has 0 saturated heterocycles. The van der Waals surface area contributed by atoms with E-state index in [2.05, 4.69) is 15.9 Å². The molecule has 0 aromatic heterocycles. The lowest BCUT2D eigenvalue weighted by Crippen LogP contribution is -2.20. The fourth-order valence-corrected chi connectivity index (χ4v) is 2.73. The van der Waals surface area contributed by atoms with Crippen LogP contribution in [-0.2, 0) is 0 Å². The van der Waals surface area contributed by atoms with Crippen LogP contribution in [0.2, 0.25) is 0 Å². The lowest BCUT2D eigenvalue weighted by molar-refractivity contribution is 0.0849. The Kier molecular flexibility index (Phi) is 3.68. The largest absolute Gasteiger partial charge is 0.494 e. The van der Waals surface area contributed by atoms with E-state index in [0.29, 0.717) is 16.9 Å². The molecule has 21 heavy (non-hydrogen) atoms. The Labute approximate surface area is 129 Å². The van der Waals surface area contributed by atoms with Gasteiger partial charge in [-0.2, -0.15) is 0 Å². The summed E-state index contributed by atoms with van der Waals surface area (Å²) in [5.74, 6) is 0.215. The summed E-state index contributed by atoms with van der Waals surface area (Å²) in [6.45, 7) is 0. The monoisotopic (exact) mass is 350 g/mol. The first kappa shape index (κ1) is 14.1. The Bertz CT molecular complexity index is 715. The Balaban J connectivity index is 1.94. The van der Waals surface area contributed by atoms with E-state index in [1.54, 1.807) is 18.2 Å². The maximum atomic E-state index is 13.8. The molecule has 1 aliphatic rings. The van der Waals surface area contributed by atoms with E-state index in [0.717, 1.165) is 4.47 Å². The fourth-order valence-electron chi connectivity index (χ4n) is 2.36. The molecule has 2 aromatic carbocycles. The molecule has 3 rings (SSSR count). The average Bonchev–Trinajstić information content (AvgIpc) is 2.47. The van der Waals surface area contributed by atoms with Crippen LogP contribution in [0.3, 0.4) is 0 Å². The Morgan fingerprint density at radius 3 is 2.81 bits per heavy atom. The third-order valence-corrected chi connectivity index (χ3v) is 3.92. The van der Waals surface area contributed by atoms with Gasteiger partial charge in [0.1, 0.15) is 11.9 Å². The molecule has 1 heterocycles. The number of ether oxygens (including phenoxy) is 2. The van der Waals surface area contributed by atoms with E-state index in [1.807, 2.05) is 6.07 Å². The van der Waals surface area contributed by atoms with Gasteiger partial charge in [0.05, 0.1) is 19.1 Å². The van der Waals surface area contributed by atoms with Crippen molar-refractivity contribution in [3.8, 4) is 11.5 Å². The number of ketones is 1. The lowest BCUT2D eigenvalue weighted by atomic mass is 9.96. The minimum absolute atomic E-state index is 0.0150. The molecule has 1 atom stereocenters. The minimum Gasteiger partial charge on any atom is -0.494 e. The van der Waals surface area contributed by atoms with E-state index in [9.17, 15) is 9.18 Å². The van der Waals surface area contributed by atoms with Crippen LogP contribution < -0.4 is 9.47 Å². The van der Waals surface area contributed by atoms with Gasteiger partial charge < -0.3 is 9.47 Å². The third-order valence-electron chi connectivity index (χ3n) is 3.43. The second-order valence-electron chi connectivity index (χ2n) is 4.77. The molecule has 1 unspecified atom stereocenters. The molecule has 2 aromatic rings. The predicted molar refractivity (Wildman–Crippen MR) is 79.4 cm³/mol. The summed E-state index contributed by atoms with van der Waals surface area (Å²) in [6, 6.07) is 9.88. The normalized spacial score (nSPS) is 17.1. The van der Waals surface area contributed by atoms with Crippen molar-refractivity contribution >= 4 is 21.7 Å². The smallest absolute Gasteiger partial charge is 0.170 e. The number of carbonyl (C=O) groups excluding carboxylic acids is 1. The zero-order valence-corrected chi connectivity index (χ0v) is 12.8. The first-order chi connectivity index (χ1) is 10.1. The summed E-state index contributed by atoms with van der Waals surface area (Å²) in [5.41, 5.74) is 1.17. The molecule has 0 saturated carbocycles. The molecule has 5 heteroatoms. The molecule has 0 aliphatic carbocycles. The summed E-state index contributed by atoms with van der Waals surface area (Å²) >= 11 is 3.33. The van der Waals surface area contributed by atoms with E-state index in [4.69, 9.17) is 9.47 Å². The maximum Gasteiger partial charge on any atom is 0.170 e. The molecular weight excluding hydrogens is 339 g/mol. The first-order valence-corrected chi connectivity index (χ1v) is 7.20. The summed E-state index contributed by atoms with van der Waals surface area (Å²) in [5, 5.41) is 0. The molecule has 0 fully saturated rings. The van der Waals surface area contributed by atoms with Gasteiger partial charge in [-0.25, -0.2) is 4.39 Å². The van der Waals surface area contributed by atoms with Crippen molar-refractivity contribution < 1.29 is 18.7 Å². The highest BCUT2D eigenvalue weighted by Gasteiger charge is 2.28. The van der Waals surface area contributed by atoms with Crippen molar-refractivity contribution in [1.82, 2.24) is 0 Å². The lowest BCUT2D eigenvalue weighted by Gasteiger charge is -2.25. The van der Waals surface area contributed by atoms with Crippen LogP contribution in [-0.4, -0.2) is 12.9 Å². The van der Waals surface area contributed by atoms with Crippen molar-refractivity contribution in [2.75, 3.05) is 7.11 Å². The minimum atomic E-state index is -0.480. The Morgan fingerprint density at radius 2 is 2.10 bits per heavy atom.